The molecule has 198 valence electrons. The van der Waals surface area contributed by atoms with Crippen molar-refractivity contribution in [3.05, 3.63) is 100 Å². The zero-order chi connectivity index (χ0) is 27.4. The van der Waals surface area contributed by atoms with Crippen molar-refractivity contribution in [2.75, 3.05) is 13.7 Å². The SMILES string of the molecule is CCOc1cc(/C=C2/SC(=O)N(Cc3ccc(C(=O)OC)o3)C2=O)ccc1OCc1ccc2ccccc2c1. The van der Waals surface area contributed by atoms with Crippen LogP contribution in [0.3, 0.4) is 0 Å². The summed E-state index contributed by atoms with van der Waals surface area (Å²) in [5.74, 6) is 0.333. The normalized spacial score (nSPS) is 14.3. The predicted molar refractivity (Wildman–Crippen MR) is 147 cm³/mol. The molecule has 2 heterocycles. The molecule has 3 aromatic carbocycles. The van der Waals surface area contributed by atoms with Gasteiger partial charge in [0.15, 0.2) is 11.5 Å². The Hall–Kier alpha value is -4.50. The van der Waals surface area contributed by atoms with Crippen LogP contribution in [0, 0.1) is 0 Å². The number of hydrogen-bond donors (Lipinski definition) is 0. The van der Waals surface area contributed by atoms with Gasteiger partial charge in [-0.25, -0.2) is 4.79 Å². The molecular weight excluding hydrogens is 518 g/mol. The Balaban J connectivity index is 1.30. The van der Waals surface area contributed by atoms with Crippen LogP contribution in [0.4, 0.5) is 4.79 Å². The largest absolute Gasteiger partial charge is 0.490 e. The molecule has 1 aromatic heterocycles. The molecule has 0 spiro atoms. The van der Waals surface area contributed by atoms with Crippen LogP contribution in [0.2, 0.25) is 0 Å². The molecule has 1 aliphatic heterocycles. The number of hydrogen-bond acceptors (Lipinski definition) is 8. The van der Waals surface area contributed by atoms with E-state index in [2.05, 4.69) is 29.0 Å². The van der Waals surface area contributed by atoms with Crippen molar-refractivity contribution in [1.29, 1.82) is 0 Å². The van der Waals surface area contributed by atoms with E-state index in [9.17, 15) is 14.4 Å². The molecule has 0 aliphatic carbocycles. The van der Waals surface area contributed by atoms with E-state index in [0.29, 0.717) is 36.0 Å². The highest BCUT2D eigenvalue weighted by molar-refractivity contribution is 8.18. The molecule has 1 aliphatic rings. The number of carbonyl (C=O) groups is 3. The number of fused-ring (bicyclic) bond motifs is 1. The van der Waals surface area contributed by atoms with Gasteiger partial charge in [0.2, 0.25) is 5.76 Å². The van der Waals surface area contributed by atoms with E-state index in [4.69, 9.17) is 13.9 Å². The predicted octanol–water partition coefficient (Wildman–Crippen LogP) is 6.43. The maximum absolute atomic E-state index is 13.0. The van der Waals surface area contributed by atoms with Gasteiger partial charge in [0.05, 0.1) is 25.2 Å². The average molecular weight is 544 g/mol. The van der Waals surface area contributed by atoms with Crippen molar-refractivity contribution in [3.63, 3.8) is 0 Å². The Bertz CT molecular complexity index is 1590. The summed E-state index contributed by atoms with van der Waals surface area (Å²) >= 11 is 0.838. The van der Waals surface area contributed by atoms with Gasteiger partial charge >= 0.3 is 5.97 Å². The number of benzene rings is 3. The molecule has 39 heavy (non-hydrogen) atoms. The Kier molecular flexibility index (Phi) is 7.69. The van der Waals surface area contributed by atoms with Crippen molar-refractivity contribution in [2.45, 2.75) is 20.1 Å². The van der Waals surface area contributed by atoms with Crippen LogP contribution in [-0.2, 0) is 22.7 Å². The van der Waals surface area contributed by atoms with E-state index in [1.165, 1.54) is 24.6 Å². The molecule has 0 bridgehead atoms. The zero-order valence-corrected chi connectivity index (χ0v) is 22.2. The van der Waals surface area contributed by atoms with Gasteiger partial charge in [-0.15, -0.1) is 0 Å². The lowest BCUT2D eigenvalue weighted by Crippen LogP contribution is -2.27. The molecule has 0 unspecified atom stereocenters. The smallest absolute Gasteiger partial charge is 0.373 e. The van der Waals surface area contributed by atoms with Gasteiger partial charge in [-0.2, -0.15) is 0 Å². The molecular formula is C30H25NO7S. The molecule has 5 rings (SSSR count). The van der Waals surface area contributed by atoms with Crippen LogP contribution >= 0.6 is 11.8 Å². The Labute approximate surface area is 229 Å². The number of imide groups is 1. The fourth-order valence-corrected chi connectivity index (χ4v) is 4.95. The quantitative estimate of drug-likeness (QED) is 0.176. The van der Waals surface area contributed by atoms with Gasteiger partial charge in [-0.1, -0.05) is 42.5 Å². The van der Waals surface area contributed by atoms with Crippen LogP contribution in [0.15, 0.2) is 82.1 Å². The van der Waals surface area contributed by atoms with Gasteiger partial charge in [0.1, 0.15) is 12.4 Å². The number of nitrogens with zero attached hydrogens (tertiary/aromatic N) is 1. The number of amides is 2. The highest BCUT2D eigenvalue weighted by atomic mass is 32.2. The number of thioether (sulfide) groups is 1. The fraction of sp³-hybridized carbons (Fsp3) is 0.167. The lowest BCUT2D eigenvalue weighted by Gasteiger charge is -2.13. The fourth-order valence-electron chi connectivity index (χ4n) is 4.11. The van der Waals surface area contributed by atoms with E-state index in [-0.39, 0.29) is 17.2 Å². The molecule has 1 saturated heterocycles. The molecule has 0 N–H and O–H groups in total. The minimum Gasteiger partial charge on any atom is -0.490 e. The second-order valence-electron chi connectivity index (χ2n) is 8.63. The summed E-state index contributed by atoms with van der Waals surface area (Å²) < 4.78 is 21.9. The van der Waals surface area contributed by atoms with Crippen molar-refractivity contribution in [3.8, 4) is 11.5 Å². The number of methoxy groups -OCH3 is 1. The number of rotatable bonds is 9. The van der Waals surface area contributed by atoms with Crippen LogP contribution in [-0.4, -0.2) is 35.7 Å². The summed E-state index contributed by atoms with van der Waals surface area (Å²) in [6.07, 6.45) is 1.64. The average Bonchev–Trinajstić information content (AvgIpc) is 3.52. The first-order valence-electron chi connectivity index (χ1n) is 12.2. The molecule has 0 atom stereocenters. The van der Waals surface area contributed by atoms with Crippen LogP contribution in [0.1, 0.15) is 34.4 Å². The van der Waals surface area contributed by atoms with Gasteiger partial charge in [0, 0.05) is 0 Å². The van der Waals surface area contributed by atoms with E-state index < -0.39 is 17.1 Å². The monoisotopic (exact) mass is 543 g/mol. The molecule has 1 fully saturated rings. The standard InChI is InChI=1S/C30H25NO7S/c1-3-36-26-15-19(9-12-24(26)37-18-20-8-10-21-6-4-5-7-22(21)14-20)16-27-28(32)31(30(34)39-27)17-23-11-13-25(38-23)29(33)35-2/h4-16H,3,17-18H2,1-2H3/b27-16+. The maximum Gasteiger partial charge on any atom is 0.373 e. The van der Waals surface area contributed by atoms with Crippen molar-refractivity contribution in [2.24, 2.45) is 0 Å². The lowest BCUT2D eigenvalue weighted by molar-refractivity contribution is -0.123. The second kappa shape index (κ2) is 11.5. The molecule has 2 amide bonds. The third-order valence-corrected chi connectivity index (χ3v) is 6.92. The van der Waals surface area contributed by atoms with Gasteiger partial charge in [0.25, 0.3) is 11.1 Å². The minimum absolute atomic E-state index is 0.00129. The highest BCUT2D eigenvalue weighted by Crippen LogP contribution is 2.36. The summed E-state index contributed by atoms with van der Waals surface area (Å²) in [6, 6.07) is 22.7. The summed E-state index contributed by atoms with van der Waals surface area (Å²) in [6.45, 7) is 2.59. The van der Waals surface area contributed by atoms with Gasteiger partial charge in [-0.05, 0) is 77.0 Å². The van der Waals surface area contributed by atoms with E-state index in [1.54, 1.807) is 24.3 Å². The van der Waals surface area contributed by atoms with E-state index in [0.717, 1.165) is 27.6 Å². The second-order valence-corrected chi connectivity index (χ2v) is 9.63. The molecule has 8 nitrogen and oxygen atoms in total. The van der Waals surface area contributed by atoms with Crippen LogP contribution in [0.25, 0.3) is 16.8 Å². The Morgan fingerprint density at radius 2 is 1.77 bits per heavy atom. The summed E-state index contributed by atoms with van der Waals surface area (Å²) in [5.41, 5.74) is 1.72. The first-order chi connectivity index (χ1) is 18.9. The van der Waals surface area contributed by atoms with Crippen LogP contribution in [0.5, 0.6) is 11.5 Å². The van der Waals surface area contributed by atoms with Crippen molar-refractivity contribution < 1.29 is 33.0 Å². The topological polar surface area (TPSA) is 95.3 Å². The summed E-state index contributed by atoms with van der Waals surface area (Å²) in [7, 11) is 1.24. The van der Waals surface area contributed by atoms with Crippen molar-refractivity contribution >= 4 is 45.7 Å². The number of ether oxygens (including phenoxy) is 3. The highest BCUT2D eigenvalue weighted by Gasteiger charge is 2.35. The number of carbonyl (C=O) groups excluding carboxylic acids is 3. The summed E-state index contributed by atoms with van der Waals surface area (Å²) in [5, 5.41) is 1.88. The Morgan fingerprint density at radius 3 is 2.56 bits per heavy atom. The van der Waals surface area contributed by atoms with Crippen LogP contribution < -0.4 is 9.47 Å². The number of furan rings is 1. The van der Waals surface area contributed by atoms with Crippen molar-refractivity contribution in [1.82, 2.24) is 4.90 Å². The Morgan fingerprint density at radius 1 is 0.949 bits per heavy atom. The molecule has 9 heteroatoms. The van der Waals surface area contributed by atoms with Gasteiger partial charge in [-0.3, -0.25) is 14.5 Å². The first-order valence-corrected chi connectivity index (χ1v) is 13.1. The first kappa shape index (κ1) is 26.1. The third-order valence-electron chi connectivity index (χ3n) is 6.01. The molecule has 4 aromatic rings. The number of esters is 1. The lowest BCUT2D eigenvalue weighted by atomic mass is 10.1. The minimum atomic E-state index is -0.634. The zero-order valence-electron chi connectivity index (χ0n) is 21.3. The van der Waals surface area contributed by atoms with Gasteiger partial charge < -0.3 is 18.6 Å². The molecule has 0 saturated carbocycles. The molecule has 0 radical (unpaired) electrons. The maximum atomic E-state index is 13.0. The van der Waals surface area contributed by atoms with E-state index >= 15 is 0 Å². The van der Waals surface area contributed by atoms with E-state index in [1.807, 2.05) is 25.1 Å². The summed E-state index contributed by atoms with van der Waals surface area (Å²) in [4.78, 5) is 38.5. The third kappa shape index (κ3) is 5.83.